The van der Waals surface area contributed by atoms with Crippen LogP contribution in [0.4, 0.5) is 10.1 Å². The summed E-state index contributed by atoms with van der Waals surface area (Å²) in [5.41, 5.74) is 8.56. The fourth-order valence-electron chi connectivity index (χ4n) is 2.40. The zero-order chi connectivity index (χ0) is 14.8. The average Bonchev–Trinajstić information content (AvgIpc) is 2.48. The van der Waals surface area contributed by atoms with Crippen molar-refractivity contribution in [3.05, 3.63) is 71.5 Å². The lowest BCUT2D eigenvalue weighted by atomic mass is 10.1. The zero-order valence-corrected chi connectivity index (χ0v) is 11.8. The summed E-state index contributed by atoms with van der Waals surface area (Å²) in [7, 11) is 0. The number of fused-ring (bicyclic) bond motifs is 1. The Morgan fingerprint density at radius 2 is 1.76 bits per heavy atom. The van der Waals surface area contributed by atoms with Gasteiger partial charge in [0.2, 0.25) is 0 Å². The predicted octanol–water partition coefficient (Wildman–Crippen LogP) is 4.45. The van der Waals surface area contributed by atoms with Crippen molar-refractivity contribution < 1.29 is 9.13 Å². The highest BCUT2D eigenvalue weighted by Gasteiger charge is 2.06. The van der Waals surface area contributed by atoms with Crippen LogP contribution in [0.2, 0.25) is 0 Å². The summed E-state index contributed by atoms with van der Waals surface area (Å²) < 4.78 is 19.0. The third-order valence-corrected chi connectivity index (χ3v) is 3.61. The van der Waals surface area contributed by atoms with Gasteiger partial charge in [0.25, 0.3) is 0 Å². The first-order chi connectivity index (χ1) is 10.1. The van der Waals surface area contributed by atoms with Crippen molar-refractivity contribution in [3.8, 4) is 5.75 Å². The Hall–Kier alpha value is -2.55. The smallest absolute Gasteiger partial charge is 0.127 e. The molecule has 0 saturated heterocycles. The molecule has 0 amide bonds. The highest BCUT2D eigenvalue weighted by atomic mass is 19.1. The van der Waals surface area contributed by atoms with Crippen molar-refractivity contribution in [2.75, 3.05) is 5.73 Å². The molecule has 21 heavy (non-hydrogen) atoms. The molecule has 0 fully saturated rings. The van der Waals surface area contributed by atoms with Crippen LogP contribution in [0.3, 0.4) is 0 Å². The van der Waals surface area contributed by atoms with Crippen LogP contribution in [0.25, 0.3) is 10.8 Å². The first-order valence-corrected chi connectivity index (χ1v) is 6.80. The molecule has 0 bridgehead atoms. The Bertz CT molecular complexity index is 798. The lowest BCUT2D eigenvalue weighted by Crippen LogP contribution is -1.99. The fourth-order valence-corrected chi connectivity index (χ4v) is 2.40. The van der Waals surface area contributed by atoms with Crippen LogP contribution in [0.5, 0.6) is 5.75 Å². The number of nitrogens with two attached hydrogens (primary N) is 1. The molecule has 106 valence electrons. The Morgan fingerprint density at radius 3 is 2.52 bits per heavy atom. The summed E-state index contributed by atoms with van der Waals surface area (Å²) in [6.07, 6.45) is 0. The third-order valence-electron chi connectivity index (χ3n) is 3.61. The van der Waals surface area contributed by atoms with Gasteiger partial charge in [-0.1, -0.05) is 30.3 Å². The molecule has 0 unspecified atom stereocenters. The predicted molar refractivity (Wildman–Crippen MR) is 83.8 cm³/mol. The van der Waals surface area contributed by atoms with Gasteiger partial charge in [0.05, 0.1) is 0 Å². The molecule has 3 rings (SSSR count). The van der Waals surface area contributed by atoms with Gasteiger partial charge in [-0.05, 0) is 42.3 Å². The van der Waals surface area contributed by atoms with E-state index < -0.39 is 0 Å². The van der Waals surface area contributed by atoms with Crippen molar-refractivity contribution in [1.82, 2.24) is 0 Å². The van der Waals surface area contributed by atoms with E-state index in [1.807, 2.05) is 43.3 Å². The van der Waals surface area contributed by atoms with E-state index >= 15 is 0 Å². The van der Waals surface area contributed by atoms with E-state index in [-0.39, 0.29) is 5.82 Å². The summed E-state index contributed by atoms with van der Waals surface area (Å²) in [5.74, 6) is 0.553. The summed E-state index contributed by atoms with van der Waals surface area (Å²) in [6, 6.07) is 16.3. The molecule has 0 atom stereocenters. The largest absolute Gasteiger partial charge is 0.488 e. The van der Waals surface area contributed by atoms with Crippen LogP contribution < -0.4 is 10.5 Å². The maximum atomic E-state index is 13.1. The first-order valence-electron chi connectivity index (χ1n) is 6.80. The Kier molecular flexibility index (Phi) is 3.48. The number of hydrogen-bond acceptors (Lipinski definition) is 2. The maximum absolute atomic E-state index is 13.1. The molecule has 3 aromatic carbocycles. The summed E-state index contributed by atoms with van der Waals surface area (Å²) in [4.78, 5) is 0. The third kappa shape index (κ3) is 2.68. The number of halogens is 1. The highest BCUT2D eigenvalue weighted by molar-refractivity contribution is 5.96. The number of ether oxygens (including phenoxy) is 1. The molecule has 0 aromatic heterocycles. The van der Waals surface area contributed by atoms with E-state index in [0.29, 0.717) is 6.61 Å². The van der Waals surface area contributed by atoms with Gasteiger partial charge in [0.1, 0.15) is 18.2 Å². The van der Waals surface area contributed by atoms with E-state index in [1.165, 1.54) is 12.1 Å². The molecule has 0 spiro atoms. The van der Waals surface area contributed by atoms with E-state index in [9.17, 15) is 4.39 Å². The lowest BCUT2D eigenvalue weighted by Gasteiger charge is -2.12. The minimum atomic E-state index is -0.228. The van der Waals surface area contributed by atoms with Crippen LogP contribution in [-0.4, -0.2) is 0 Å². The number of aryl methyl sites for hydroxylation is 1. The SMILES string of the molecule is Cc1cc(F)ccc1COc1ccc(N)c2ccccc12. The van der Waals surface area contributed by atoms with Crippen molar-refractivity contribution in [2.24, 2.45) is 0 Å². The van der Waals surface area contributed by atoms with E-state index in [2.05, 4.69) is 0 Å². The molecule has 0 saturated carbocycles. The van der Waals surface area contributed by atoms with Gasteiger partial charge in [-0.2, -0.15) is 0 Å². The summed E-state index contributed by atoms with van der Waals surface area (Å²) in [5, 5.41) is 1.96. The molecule has 0 aliphatic carbocycles. The topological polar surface area (TPSA) is 35.2 Å². The monoisotopic (exact) mass is 281 g/mol. The van der Waals surface area contributed by atoms with Gasteiger partial charge < -0.3 is 10.5 Å². The Labute approximate surface area is 123 Å². The van der Waals surface area contributed by atoms with Crippen molar-refractivity contribution >= 4 is 16.5 Å². The second-order valence-corrected chi connectivity index (χ2v) is 5.06. The number of anilines is 1. The van der Waals surface area contributed by atoms with Crippen molar-refractivity contribution in [2.45, 2.75) is 13.5 Å². The van der Waals surface area contributed by atoms with Gasteiger partial charge in [-0.15, -0.1) is 0 Å². The van der Waals surface area contributed by atoms with E-state index in [1.54, 1.807) is 6.07 Å². The molecule has 0 aliphatic rings. The molecular weight excluding hydrogens is 265 g/mol. The number of nitrogen functional groups attached to an aromatic ring is 1. The fraction of sp³-hybridized carbons (Fsp3) is 0.111. The molecular formula is C18H16FNO. The van der Waals surface area contributed by atoms with Gasteiger partial charge in [0.15, 0.2) is 0 Å². The quantitative estimate of drug-likeness (QED) is 0.720. The van der Waals surface area contributed by atoms with Gasteiger partial charge >= 0.3 is 0 Å². The average molecular weight is 281 g/mol. The standard InChI is InChI=1S/C18H16FNO/c1-12-10-14(19)7-6-13(12)11-21-18-9-8-17(20)15-4-2-3-5-16(15)18/h2-10H,11,20H2,1H3. The number of hydrogen-bond donors (Lipinski definition) is 1. The summed E-state index contributed by atoms with van der Waals surface area (Å²) in [6.45, 7) is 2.28. The van der Waals surface area contributed by atoms with Crippen LogP contribution in [0, 0.1) is 12.7 Å². The first kappa shape index (κ1) is 13.4. The van der Waals surface area contributed by atoms with Gasteiger partial charge in [-0.25, -0.2) is 4.39 Å². The summed E-state index contributed by atoms with van der Waals surface area (Å²) >= 11 is 0. The molecule has 2 nitrogen and oxygen atoms in total. The number of rotatable bonds is 3. The normalized spacial score (nSPS) is 10.8. The minimum absolute atomic E-state index is 0.228. The van der Waals surface area contributed by atoms with Crippen molar-refractivity contribution in [3.63, 3.8) is 0 Å². The van der Waals surface area contributed by atoms with E-state index in [4.69, 9.17) is 10.5 Å². The highest BCUT2D eigenvalue weighted by Crippen LogP contribution is 2.30. The molecule has 2 N–H and O–H groups in total. The van der Waals surface area contributed by atoms with Crippen LogP contribution >= 0.6 is 0 Å². The maximum Gasteiger partial charge on any atom is 0.127 e. The van der Waals surface area contributed by atoms with Crippen LogP contribution in [0.15, 0.2) is 54.6 Å². The van der Waals surface area contributed by atoms with Crippen molar-refractivity contribution in [1.29, 1.82) is 0 Å². The lowest BCUT2D eigenvalue weighted by molar-refractivity contribution is 0.309. The molecule has 3 aromatic rings. The molecule has 0 heterocycles. The second kappa shape index (κ2) is 5.44. The Morgan fingerprint density at radius 1 is 1.00 bits per heavy atom. The molecule has 0 radical (unpaired) electrons. The molecule has 0 aliphatic heterocycles. The van der Waals surface area contributed by atoms with E-state index in [0.717, 1.165) is 33.3 Å². The molecule has 3 heteroatoms. The number of benzene rings is 3. The Balaban J connectivity index is 1.90. The minimum Gasteiger partial charge on any atom is -0.488 e. The van der Waals surface area contributed by atoms with Crippen LogP contribution in [0.1, 0.15) is 11.1 Å². The van der Waals surface area contributed by atoms with Gasteiger partial charge in [-0.3, -0.25) is 0 Å². The van der Waals surface area contributed by atoms with Crippen LogP contribution in [-0.2, 0) is 6.61 Å². The zero-order valence-electron chi connectivity index (χ0n) is 11.8. The second-order valence-electron chi connectivity index (χ2n) is 5.06. The van der Waals surface area contributed by atoms with Gasteiger partial charge in [0, 0.05) is 16.5 Å².